The second-order valence-electron chi connectivity index (χ2n) is 5.94. The molecule has 140 valence electrons. The summed E-state index contributed by atoms with van der Waals surface area (Å²) in [6, 6.07) is 12.8. The Morgan fingerprint density at radius 1 is 1.12 bits per heavy atom. The fourth-order valence-electron chi connectivity index (χ4n) is 2.53. The Labute approximate surface area is 160 Å². The van der Waals surface area contributed by atoms with Gasteiger partial charge in [-0.05, 0) is 43.2 Å². The van der Waals surface area contributed by atoms with Gasteiger partial charge in [-0.1, -0.05) is 43.6 Å². The molecule has 1 amide bonds. The predicted molar refractivity (Wildman–Crippen MR) is 105 cm³/mol. The Morgan fingerprint density at radius 2 is 1.73 bits per heavy atom. The minimum absolute atomic E-state index is 0.0491. The first kappa shape index (κ1) is 20.3. The third kappa shape index (κ3) is 4.37. The lowest BCUT2D eigenvalue weighted by molar-refractivity contribution is 0.0935. The van der Waals surface area contributed by atoms with Gasteiger partial charge in [0.2, 0.25) is 0 Å². The highest BCUT2D eigenvalue weighted by molar-refractivity contribution is 7.92. The quantitative estimate of drug-likeness (QED) is 0.769. The van der Waals surface area contributed by atoms with Gasteiger partial charge in [0.15, 0.2) is 0 Å². The van der Waals surface area contributed by atoms with Gasteiger partial charge in [-0.15, -0.1) is 0 Å². The zero-order chi connectivity index (χ0) is 19.3. The largest absolute Gasteiger partial charge is 0.349 e. The van der Waals surface area contributed by atoms with Crippen LogP contribution in [0.5, 0.6) is 0 Å². The van der Waals surface area contributed by atoms with Crippen LogP contribution in [0.3, 0.4) is 0 Å². The number of rotatable bonds is 7. The Morgan fingerprint density at radius 3 is 2.31 bits per heavy atom. The third-order valence-electron chi connectivity index (χ3n) is 4.28. The highest BCUT2D eigenvalue weighted by Crippen LogP contribution is 2.27. The Hall–Kier alpha value is -2.05. The van der Waals surface area contributed by atoms with Crippen molar-refractivity contribution in [2.45, 2.75) is 37.6 Å². The van der Waals surface area contributed by atoms with Crippen LogP contribution in [0.25, 0.3) is 0 Å². The zero-order valence-corrected chi connectivity index (χ0v) is 16.6. The van der Waals surface area contributed by atoms with Crippen LogP contribution in [0.1, 0.15) is 37.0 Å². The molecule has 2 aromatic carbocycles. The van der Waals surface area contributed by atoms with E-state index in [1.165, 1.54) is 31.3 Å². The number of hydrogen-bond acceptors (Lipinski definition) is 3. The summed E-state index contributed by atoms with van der Waals surface area (Å²) in [7, 11) is -2.27. The van der Waals surface area contributed by atoms with E-state index in [2.05, 4.69) is 5.32 Å². The molecule has 5 nitrogen and oxygen atoms in total. The molecule has 0 aliphatic heterocycles. The molecule has 1 N–H and O–H groups in total. The van der Waals surface area contributed by atoms with Gasteiger partial charge in [0.25, 0.3) is 15.9 Å². The molecule has 0 aromatic heterocycles. The second kappa shape index (κ2) is 8.56. The number of nitrogens with one attached hydrogen (secondary N) is 1. The summed E-state index contributed by atoms with van der Waals surface area (Å²) < 4.78 is 26.7. The molecule has 0 aliphatic carbocycles. The summed E-state index contributed by atoms with van der Waals surface area (Å²) in [5.74, 6) is -0.309. The molecule has 0 unspecified atom stereocenters. The maximum absolute atomic E-state index is 12.8. The van der Waals surface area contributed by atoms with Gasteiger partial charge in [0.1, 0.15) is 0 Å². The van der Waals surface area contributed by atoms with Crippen molar-refractivity contribution in [3.63, 3.8) is 0 Å². The lowest BCUT2D eigenvalue weighted by Gasteiger charge is -2.21. The number of anilines is 1. The SMILES string of the molecule is CCC(CC)NC(=O)c1cc(N(C)S(=O)(=O)c2ccccc2)ccc1Cl. The molecule has 0 aliphatic rings. The summed E-state index contributed by atoms with van der Waals surface area (Å²) in [6.45, 7) is 3.99. The van der Waals surface area contributed by atoms with Crippen molar-refractivity contribution in [1.29, 1.82) is 0 Å². The highest BCUT2D eigenvalue weighted by Gasteiger charge is 2.23. The number of benzene rings is 2. The minimum Gasteiger partial charge on any atom is -0.349 e. The molecule has 0 radical (unpaired) electrons. The first-order valence-corrected chi connectivity index (χ1v) is 10.3. The van der Waals surface area contributed by atoms with Gasteiger partial charge in [-0.3, -0.25) is 9.10 Å². The first-order chi connectivity index (χ1) is 12.3. The van der Waals surface area contributed by atoms with Crippen LogP contribution >= 0.6 is 11.6 Å². The van der Waals surface area contributed by atoms with Crippen LogP contribution < -0.4 is 9.62 Å². The van der Waals surface area contributed by atoms with E-state index >= 15 is 0 Å². The molecule has 0 spiro atoms. The molecule has 0 saturated heterocycles. The van der Waals surface area contributed by atoms with Gasteiger partial charge in [-0.25, -0.2) is 8.42 Å². The molecule has 0 bridgehead atoms. The second-order valence-corrected chi connectivity index (χ2v) is 8.31. The molecular formula is C19H23ClN2O3S. The highest BCUT2D eigenvalue weighted by atomic mass is 35.5. The lowest BCUT2D eigenvalue weighted by atomic mass is 10.1. The Kier molecular flexibility index (Phi) is 6.67. The number of halogens is 1. The van der Waals surface area contributed by atoms with Gasteiger partial charge < -0.3 is 5.32 Å². The number of carbonyl (C=O) groups is 1. The number of carbonyl (C=O) groups excluding carboxylic acids is 1. The van der Waals surface area contributed by atoms with Crippen LogP contribution in [0.4, 0.5) is 5.69 Å². The van der Waals surface area contributed by atoms with E-state index in [1.807, 2.05) is 13.8 Å². The van der Waals surface area contributed by atoms with Crippen molar-refractivity contribution in [1.82, 2.24) is 5.32 Å². The molecule has 0 heterocycles. The van der Waals surface area contributed by atoms with E-state index in [1.54, 1.807) is 24.3 Å². The maximum atomic E-state index is 12.8. The Bertz CT molecular complexity index is 866. The fourth-order valence-corrected chi connectivity index (χ4v) is 3.94. The van der Waals surface area contributed by atoms with E-state index in [0.29, 0.717) is 5.69 Å². The molecular weight excluding hydrogens is 372 g/mol. The van der Waals surface area contributed by atoms with Crippen molar-refractivity contribution in [2.24, 2.45) is 0 Å². The minimum atomic E-state index is -3.72. The smallest absolute Gasteiger partial charge is 0.264 e. The number of hydrogen-bond donors (Lipinski definition) is 1. The predicted octanol–water partition coefficient (Wildman–Crippen LogP) is 4.08. The molecule has 26 heavy (non-hydrogen) atoms. The van der Waals surface area contributed by atoms with Crippen LogP contribution in [0.15, 0.2) is 53.4 Å². The molecule has 2 rings (SSSR count). The average molecular weight is 395 g/mol. The lowest BCUT2D eigenvalue weighted by Crippen LogP contribution is -2.34. The summed E-state index contributed by atoms with van der Waals surface area (Å²) in [5.41, 5.74) is 0.624. The van der Waals surface area contributed by atoms with E-state index in [0.717, 1.165) is 17.1 Å². The van der Waals surface area contributed by atoms with Crippen molar-refractivity contribution in [3.8, 4) is 0 Å². The first-order valence-electron chi connectivity index (χ1n) is 8.45. The van der Waals surface area contributed by atoms with Crippen LogP contribution in [-0.2, 0) is 10.0 Å². The van der Waals surface area contributed by atoms with Crippen molar-refractivity contribution >= 4 is 33.2 Å². The number of amides is 1. The number of sulfonamides is 1. The monoisotopic (exact) mass is 394 g/mol. The summed E-state index contributed by atoms with van der Waals surface area (Å²) in [4.78, 5) is 12.7. The normalized spacial score (nSPS) is 11.4. The van der Waals surface area contributed by atoms with Crippen molar-refractivity contribution in [3.05, 3.63) is 59.1 Å². The number of nitrogens with zero attached hydrogens (tertiary/aromatic N) is 1. The van der Waals surface area contributed by atoms with Gasteiger partial charge in [0, 0.05) is 13.1 Å². The Balaban J connectivity index is 2.35. The molecule has 7 heteroatoms. The van der Waals surface area contributed by atoms with E-state index in [4.69, 9.17) is 11.6 Å². The third-order valence-corrected chi connectivity index (χ3v) is 6.41. The molecule has 2 aromatic rings. The summed E-state index contributed by atoms with van der Waals surface area (Å²) in [6.07, 6.45) is 1.61. The topological polar surface area (TPSA) is 66.5 Å². The fraction of sp³-hybridized carbons (Fsp3) is 0.316. The van der Waals surface area contributed by atoms with Crippen LogP contribution in [-0.4, -0.2) is 27.4 Å². The summed E-state index contributed by atoms with van der Waals surface area (Å²) >= 11 is 6.17. The molecule has 0 fully saturated rings. The molecule has 0 saturated carbocycles. The van der Waals surface area contributed by atoms with E-state index in [-0.39, 0.29) is 27.4 Å². The molecule has 0 atom stereocenters. The van der Waals surface area contributed by atoms with E-state index < -0.39 is 10.0 Å². The maximum Gasteiger partial charge on any atom is 0.264 e. The van der Waals surface area contributed by atoms with Crippen LogP contribution in [0, 0.1) is 0 Å². The summed E-state index contributed by atoms with van der Waals surface area (Å²) in [5, 5.41) is 3.20. The van der Waals surface area contributed by atoms with E-state index in [9.17, 15) is 13.2 Å². The van der Waals surface area contributed by atoms with Gasteiger partial charge >= 0.3 is 0 Å². The average Bonchev–Trinajstić information content (AvgIpc) is 2.66. The standard InChI is InChI=1S/C19H23ClN2O3S/c1-4-14(5-2)21-19(23)17-13-15(11-12-18(17)20)22(3)26(24,25)16-9-7-6-8-10-16/h6-14H,4-5H2,1-3H3,(H,21,23). The van der Waals surface area contributed by atoms with Gasteiger partial charge in [0.05, 0.1) is 21.2 Å². The zero-order valence-electron chi connectivity index (χ0n) is 15.1. The van der Waals surface area contributed by atoms with Crippen molar-refractivity contribution in [2.75, 3.05) is 11.4 Å². The van der Waals surface area contributed by atoms with Gasteiger partial charge in [-0.2, -0.15) is 0 Å². The van der Waals surface area contributed by atoms with Crippen molar-refractivity contribution < 1.29 is 13.2 Å². The van der Waals surface area contributed by atoms with Crippen LogP contribution in [0.2, 0.25) is 5.02 Å².